The van der Waals surface area contributed by atoms with Gasteiger partial charge in [-0.3, -0.25) is 9.59 Å². The first-order valence-corrected chi connectivity index (χ1v) is 4.39. The lowest BCUT2D eigenvalue weighted by Gasteiger charge is -2.22. The average molecular weight is 202 g/mol. The number of ether oxygens (including phenoxy) is 2. The van der Waals surface area contributed by atoms with Gasteiger partial charge in [-0.2, -0.15) is 0 Å². The van der Waals surface area contributed by atoms with E-state index in [0.29, 0.717) is 19.8 Å². The number of nitrogens with one attached hydrogen (secondary N) is 2. The lowest BCUT2D eigenvalue weighted by molar-refractivity contribution is -0.141. The maximum Gasteiger partial charge on any atom is 0.325 e. The summed E-state index contributed by atoms with van der Waals surface area (Å²) in [7, 11) is 1.27. The molecule has 2 N–H and O–H groups in total. The quantitative estimate of drug-likeness (QED) is 0.531. The Morgan fingerprint density at radius 3 is 3.00 bits per heavy atom. The highest BCUT2D eigenvalue weighted by Gasteiger charge is 2.21. The molecule has 0 radical (unpaired) electrons. The Balaban J connectivity index is 2.23. The predicted molar refractivity (Wildman–Crippen MR) is 47.6 cm³/mol. The lowest BCUT2D eigenvalue weighted by atomic mass is 10.2. The molecule has 1 atom stereocenters. The fraction of sp³-hybridized carbons (Fsp3) is 0.750. The first-order valence-electron chi connectivity index (χ1n) is 4.39. The van der Waals surface area contributed by atoms with Crippen molar-refractivity contribution in [1.29, 1.82) is 0 Å². The van der Waals surface area contributed by atoms with Crippen LogP contribution >= 0.6 is 0 Å². The highest BCUT2D eigenvalue weighted by atomic mass is 16.5. The van der Waals surface area contributed by atoms with Crippen molar-refractivity contribution in [2.75, 3.05) is 33.4 Å². The summed E-state index contributed by atoms with van der Waals surface area (Å²) in [5.41, 5.74) is 0. The summed E-state index contributed by atoms with van der Waals surface area (Å²) in [5, 5.41) is 5.42. The topological polar surface area (TPSA) is 76.7 Å². The van der Waals surface area contributed by atoms with E-state index in [4.69, 9.17) is 4.74 Å². The molecule has 80 valence electrons. The van der Waals surface area contributed by atoms with Crippen molar-refractivity contribution in [2.45, 2.75) is 6.04 Å². The van der Waals surface area contributed by atoms with Gasteiger partial charge in [0.1, 0.15) is 12.6 Å². The molecule has 1 aliphatic rings. The minimum atomic E-state index is -0.463. The number of methoxy groups -OCH3 is 1. The van der Waals surface area contributed by atoms with E-state index in [2.05, 4.69) is 15.4 Å². The van der Waals surface area contributed by atoms with Crippen molar-refractivity contribution >= 4 is 11.9 Å². The zero-order chi connectivity index (χ0) is 10.4. The number of rotatable bonds is 3. The van der Waals surface area contributed by atoms with Crippen LogP contribution in [0, 0.1) is 0 Å². The van der Waals surface area contributed by atoms with E-state index in [-0.39, 0.29) is 18.5 Å². The second-order valence-corrected chi connectivity index (χ2v) is 2.88. The van der Waals surface area contributed by atoms with Crippen molar-refractivity contribution in [3.8, 4) is 0 Å². The molecule has 1 unspecified atom stereocenters. The Morgan fingerprint density at radius 2 is 2.43 bits per heavy atom. The third-order valence-electron chi connectivity index (χ3n) is 1.87. The zero-order valence-electron chi connectivity index (χ0n) is 8.04. The molecule has 0 aromatic rings. The summed E-state index contributed by atoms with van der Waals surface area (Å²) < 4.78 is 9.48. The summed E-state index contributed by atoms with van der Waals surface area (Å²) in [5.74, 6) is -0.704. The number of hydrogen-bond donors (Lipinski definition) is 2. The normalized spacial score (nSPS) is 21.4. The zero-order valence-corrected chi connectivity index (χ0v) is 8.04. The molecule has 6 nitrogen and oxygen atoms in total. The van der Waals surface area contributed by atoms with Gasteiger partial charge in [0.2, 0.25) is 5.91 Å². The van der Waals surface area contributed by atoms with Gasteiger partial charge >= 0.3 is 5.97 Å². The molecule has 1 aliphatic heterocycles. The first-order chi connectivity index (χ1) is 6.74. The number of esters is 1. The van der Waals surface area contributed by atoms with Gasteiger partial charge in [-0.05, 0) is 0 Å². The predicted octanol–water partition coefficient (Wildman–Crippen LogP) is -1.74. The number of amides is 1. The fourth-order valence-corrected chi connectivity index (χ4v) is 1.09. The fourth-order valence-electron chi connectivity index (χ4n) is 1.09. The molecule has 1 saturated heterocycles. The van der Waals surface area contributed by atoms with Gasteiger partial charge < -0.3 is 20.1 Å². The van der Waals surface area contributed by atoms with Crippen LogP contribution in [0.15, 0.2) is 0 Å². The van der Waals surface area contributed by atoms with Crippen LogP contribution < -0.4 is 10.6 Å². The van der Waals surface area contributed by atoms with E-state index in [9.17, 15) is 9.59 Å². The first kappa shape index (κ1) is 10.9. The Kier molecular flexibility index (Phi) is 4.34. The molecule has 0 spiro atoms. The van der Waals surface area contributed by atoms with Crippen LogP contribution in [0.5, 0.6) is 0 Å². The Labute approximate surface area is 81.9 Å². The third kappa shape index (κ3) is 3.31. The highest BCUT2D eigenvalue weighted by molar-refractivity contribution is 5.85. The van der Waals surface area contributed by atoms with Gasteiger partial charge in [0.05, 0.1) is 20.3 Å². The monoisotopic (exact) mass is 202 g/mol. The highest BCUT2D eigenvalue weighted by Crippen LogP contribution is 1.92. The molecule has 0 aromatic carbocycles. The van der Waals surface area contributed by atoms with Gasteiger partial charge in [0, 0.05) is 6.54 Å². The van der Waals surface area contributed by atoms with Gasteiger partial charge in [0.15, 0.2) is 0 Å². The minimum Gasteiger partial charge on any atom is -0.468 e. The van der Waals surface area contributed by atoms with E-state index >= 15 is 0 Å². The van der Waals surface area contributed by atoms with Crippen molar-refractivity contribution in [3.63, 3.8) is 0 Å². The van der Waals surface area contributed by atoms with Gasteiger partial charge in [0.25, 0.3) is 0 Å². The summed E-state index contributed by atoms with van der Waals surface area (Å²) in [6.07, 6.45) is 0. The number of carbonyl (C=O) groups is 2. The number of hydrogen-bond acceptors (Lipinski definition) is 5. The van der Waals surface area contributed by atoms with Crippen LogP contribution in [0.25, 0.3) is 0 Å². The summed E-state index contributed by atoms with van der Waals surface area (Å²) in [6, 6.07) is -0.367. The molecule has 1 heterocycles. The van der Waals surface area contributed by atoms with E-state index < -0.39 is 5.97 Å². The Bertz CT molecular complexity index is 213. The van der Waals surface area contributed by atoms with Crippen molar-refractivity contribution in [3.05, 3.63) is 0 Å². The molecule has 1 rings (SSSR count). The standard InChI is InChI=1S/C8H14N2O4/c1-13-7(11)4-10-8(12)6-5-14-3-2-9-6/h6,9H,2-5H2,1H3,(H,10,12). The molecule has 0 saturated carbocycles. The maximum absolute atomic E-state index is 11.4. The van der Waals surface area contributed by atoms with E-state index in [1.807, 2.05) is 0 Å². The van der Waals surface area contributed by atoms with Crippen LogP contribution in [0.1, 0.15) is 0 Å². The van der Waals surface area contributed by atoms with E-state index in [1.54, 1.807) is 0 Å². The Hall–Kier alpha value is -1.14. The molecule has 1 fully saturated rings. The summed E-state index contributed by atoms with van der Waals surface area (Å²) >= 11 is 0. The summed E-state index contributed by atoms with van der Waals surface area (Å²) in [4.78, 5) is 22.1. The number of carbonyl (C=O) groups excluding carboxylic acids is 2. The van der Waals surface area contributed by atoms with Gasteiger partial charge in [-0.15, -0.1) is 0 Å². The van der Waals surface area contributed by atoms with Crippen LogP contribution in [0.4, 0.5) is 0 Å². The second-order valence-electron chi connectivity index (χ2n) is 2.88. The molecule has 1 amide bonds. The summed E-state index contributed by atoms with van der Waals surface area (Å²) in [6.45, 7) is 1.50. The molecule has 6 heteroatoms. The maximum atomic E-state index is 11.4. The molecule has 14 heavy (non-hydrogen) atoms. The van der Waals surface area contributed by atoms with Gasteiger partial charge in [-0.25, -0.2) is 0 Å². The molecular formula is C8H14N2O4. The smallest absolute Gasteiger partial charge is 0.325 e. The van der Waals surface area contributed by atoms with Crippen molar-refractivity contribution in [2.24, 2.45) is 0 Å². The van der Waals surface area contributed by atoms with Crippen molar-refractivity contribution in [1.82, 2.24) is 10.6 Å². The van der Waals surface area contributed by atoms with Crippen LogP contribution in [0.3, 0.4) is 0 Å². The van der Waals surface area contributed by atoms with E-state index in [1.165, 1.54) is 7.11 Å². The van der Waals surface area contributed by atoms with Gasteiger partial charge in [-0.1, -0.05) is 0 Å². The van der Waals surface area contributed by atoms with Crippen LogP contribution in [-0.4, -0.2) is 51.3 Å². The molecule has 0 bridgehead atoms. The van der Waals surface area contributed by atoms with Crippen LogP contribution in [-0.2, 0) is 19.1 Å². The average Bonchev–Trinajstić information content (AvgIpc) is 2.26. The Morgan fingerprint density at radius 1 is 1.64 bits per heavy atom. The number of morpholine rings is 1. The SMILES string of the molecule is COC(=O)CNC(=O)C1COCCN1. The minimum absolute atomic E-state index is 0.104. The van der Waals surface area contributed by atoms with Crippen molar-refractivity contribution < 1.29 is 19.1 Å². The van der Waals surface area contributed by atoms with E-state index in [0.717, 1.165) is 0 Å². The molecule has 0 aromatic heterocycles. The van der Waals surface area contributed by atoms with Crippen LogP contribution in [0.2, 0.25) is 0 Å². The molecular weight excluding hydrogens is 188 g/mol. The lowest BCUT2D eigenvalue weighted by Crippen LogP contribution is -2.52. The second kappa shape index (κ2) is 5.56. The third-order valence-corrected chi connectivity index (χ3v) is 1.87. The molecule has 0 aliphatic carbocycles. The largest absolute Gasteiger partial charge is 0.468 e.